The molecule has 3 heterocycles. The zero-order valence-electron chi connectivity index (χ0n) is 18.2. The molecule has 3 rings (SSSR count). The van der Waals surface area contributed by atoms with Gasteiger partial charge in [0.25, 0.3) is 5.56 Å². The Bertz CT molecular complexity index is 1080. The number of aryl methyl sites for hydroxylation is 1. The number of aliphatic hydroxyl groups excluding tert-OH is 2. The highest BCUT2D eigenvalue weighted by atomic mass is 31.3. The minimum atomic E-state index is -5.19. The van der Waals surface area contributed by atoms with Crippen LogP contribution >= 0.6 is 15.6 Å². The second-order valence-electron chi connectivity index (χ2n) is 7.79. The lowest BCUT2D eigenvalue weighted by Gasteiger charge is -2.33. The molecule has 194 valence electrons. The van der Waals surface area contributed by atoms with Crippen LogP contribution in [0.3, 0.4) is 0 Å². The van der Waals surface area contributed by atoms with Crippen LogP contribution in [0.5, 0.6) is 0 Å². The number of hydrogen-bond donors (Lipinski definition) is 6. The maximum Gasteiger partial charge on any atom is 0.483 e. The normalized spacial score (nSPS) is 33.4. The maximum atomic E-state index is 12.2. The fourth-order valence-electron chi connectivity index (χ4n) is 3.43. The summed E-state index contributed by atoms with van der Waals surface area (Å²) >= 11 is 0. The first-order valence-corrected chi connectivity index (χ1v) is 13.1. The van der Waals surface area contributed by atoms with E-state index < -0.39 is 70.4 Å². The molecular weight excluding hydrogens is 504 g/mol. The van der Waals surface area contributed by atoms with Gasteiger partial charge in [0.15, 0.2) is 6.29 Å². The molecule has 6 N–H and O–H groups in total. The topological polar surface area (TPSA) is 228 Å². The molecule has 2 aliphatic rings. The Hall–Kier alpha value is -1.26. The van der Waals surface area contributed by atoms with Gasteiger partial charge in [-0.05, 0) is 14.0 Å². The number of aliphatic hydroxyl groups is 2. The van der Waals surface area contributed by atoms with E-state index in [1.54, 1.807) is 7.05 Å². The number of H-pyrrole nitrogens is 1. The number of aromatic amines is 1. The number of hydrogen-bond acceptors (Lipinski definition) is 12. The summed E-state index contributed by atoms with van der Waals surface area (Å²) in [4.78, 5) is 45.2. The van der Waals surface area contributed by atoms with Crippen LogP contribution in [-0.4, -0.2) is 80.5 Å². The van der Waals surface area contributed by atoms with Gasteiger partial charge in [-0.1, -0.05) is 0 Å². The first-order valence-electron chi connectivity index (χ1n) is 10.1. The van der Waals surface area contributed by atoms with Gasteiger partial charge in [0.2, 0.25) is 0 Å². The number of aromatic nitrogens is 2. The molecule has 0 bridgehead atoms. The van der Waals surface area contributed by atoms with Gasteiger partial charge in [-0.15, -0.1) is 0 Å². The van der Waals surface area contributed by atoms with Crippen molar-refractivity contribution in [2.24, 2.45) is 0 Å². The van der Waals surface area contributed by atoms with E-state index in [2.05, 4.69) is 19.1 Å². The Labute approximate surface area is 192 Å². The number of phosphoric acid groups is 2. The molecule has 0 aromatic carbocycles. The Morgan fingerprint density at radius 1 is 1.21 bits per heavy atom. The van der Waals surface area contributed by atoms with Gasteiger partial charge in [-0.2, -0.15) is 4.31 Å². The summed E-state index contributed by atoms with van der Waals surface area (Å²) < 4.78 is 49.6. The highest BCUT2D eigenvalue weighted by Crippen LogP contribution is 2.61. The van der Waals surface area contributed by atoms with Gasteiger partial charge in [-0.25, -0.2) is 13.9 Å². The number of likely N-dealkylation sites (N-methyl/N-ethyl adjacent to an activating group) is 1. The van der Waals surface area contributed by atoms with Crippen molar-refractivity contribution < 1.29 is 52.0 Å². The molecule has 2 unspecified atom stereocenters. The minimum Gasteiger partial charge on any atom is -0.391 e. The summed E-state index contributed by atoms with van der Waals surface area (Å²) in [5.74, 6) is 0. The highest BCUT2D eigenvalue weighted by molar-refractivity contribution is 7.61. The van der Waals surface area contributed by atoms with E-state index in [1.807, 2.05) is 0 Å². The Morgan fingerprint density at radius 3 is 2.56 bits per heavy atom. The summed E-state index contributed by atoms with van der Waals surface area (Å²) in [6.45, 7) is 0.671. The Balaban J connectivity index is 1.55. The lowest BCUT2D eigenvalue weighted by Crippen LogP contribution is -2.48. The average Bonchev–Trinajstić information content (AvgIpc) is 3.08. The smallest absolute Gasteiger partial charge is 0.391 e. The van der Waals surface area contributed by atoms with Crippen molar-refractivity contribution in [2.45, 2.75) is 56.6 Å². The molecule has 0 saturated carbocycles. The molecule has 1 aromatic rings. The number of phosphoric ester groups is 2. The molecular formula is C16H27N3O13P2. The summed E-state index contributed by atoms with van der Waals surface area (Å²) in [6, 6.07) is -0.427. The Kier molecular flexibility index (Phi) is 8.67. The van der Waals surface area contributed by atoms with E-state index in [1.165, 1.54) is 13.1 Å². The third-order valence-electron chi connectivity index (χ3n) is 5.25. The fraction of sp³-hybridized carbons (Fsp3) is 0.750. The second kappa shape index (κ2) is 10.8. The van der Waals surface area contributed by atoms with E-state index in [0.29, 0.717) is 0 Å². The van der Waals surface area contributed by atoms with Crippen LogP contribution in [0.15, 0.2) is 15.8 Å². The summed E-state index contributed by atoms with van der Waals surface area (Å²) in [7, 11) is -8.76. The van der Waals surface area contributed by atoms with Crippen molar-refractivity contribution in [3.63, 3.8) is 0 Å². The first kappa shape index (κ1) is 27.3. The quantitative estimate of drug-likeness (QED) is 0.198. The molecule has 2 fully saturated rings. The molecule has 0 spiro atoms. The van der Waals surface area contributed by atoms with Crippen molar-refractivity contribution in [3.05, 3.63) is 32.6 Å². The van der Waals surface area contributed by atoms with Gasteiger partial charge >= 0.3 is 21.3 Å². The van der Waals surface area contributed by atoms with Crippen molar-refractivity contribution in [2.75, 3.05) is 20.3 Å². The van der Waals surface area contributed by atoms with Crippen LogP contribution < -0.4 is 16.6 Å². The largest absolute Gasteiger partial charge is 0.483 e. The van der Waals surface area contributed by atoms with Crippen LogP contribution in [0.1, 0.15) is 24.6 Å². The van der Waals surface area contributed by atoms with Crippen LogP contribution in [0.25, 0.3) is 0 Å². The molecule has 16 nitrogen and oxygen atoms in total. The maximum absolute atomic E-state index is 12.2. The van der Waals surface area contributed by atoms with Crippen molar-refractivity contribution in [1.82, 2.24) is 14.9 Å². The molecule has 2 saturated heterocycles. The van der Waals surface area contributed by atoms with Crippen LogP contribution in [0, 0.1) is 6.92 Å². The summed E-state index contributed by atoms with van der Waals surface area (Å²) in [5.41, 5.74) is -1.14. The van der Waals surface area contributed by atoms with E-state index in [-0.39, 0.29) is 25.0 Å². The minimum absolute atomic E-state index is 0.0500. The van der Waals surface area contributed by atoms with Crippen molar-refractivity contribution in [3.8, 4) is 0 Å². The highest BCUT2D eigenvalue weighted by Gasteiger charge is 2.42. The first-order chi connectivity index (χ1) is 15.8. The zero-order chi connectivity index (χ0) is 25.3. The van der Waals surface area contributed by atoms with E-state index in [4.69, 9.17) is 14.0 Å². The summed E-state index contributed by atoms with van der Waals surface area (Å²) in [6.07, 6.45) is -4.86. The Morgan fingerprint density at radius 2 is 1.91 bits per heavy atom. The molecule has 8 atom stereocenters. The second-order valence-corrected chi connectivity index (χ2v) is 10.8. The number of nitrogens with one attached hydrogen (secondary N) is 2. The molecule has 0 amide bonds. The SMILES string of the molecule is CN[C@H]1CO[C@H](OP(=O)(O)OP(=O)(O)OC[C@H]2O[C@@H](n3cc(C)c(=O)[nH]c3=O)C[C@@H]2O)C[C@@H]1O. The molecule has 1 aromatic heterocycles. The molecule has 2 aliphatic heterocycles. The van der Waals surface area contributed by atoms with Gasteiger partial charge in [0.1, 0.15) is 12.3 Å². The summed E-state index contributed by atoms with van der Waals surface area (Å²) in [5, 5.41) is 22.9. The number of ether oxygens (including phenoxy) is 2. The van der Waals surface area contributed by atoms with Crippen molar-refractivity contribution >= 4 is 15.6 Å². The fourth-order valence-corrected chi connectivity index (χ4v) is 5.59. The predicted octanol–water partition coefficient (Wildman–Crippen LogP) is -1.56. The van der Waals surface area contributed by atoms with Crippen LogP contribution in [0.2, 0.25) is 0 Å². The molecule has 18 heteroatoms. The monoisotopic (exact) mass is 531 g/mol. The lowest BCUT2D eigenvalue weighted by atomic mass is 10.1. The molecule has 34 heavy (non-hydrogen) atoms. The third kappa shape index (κ3) is 6.91. The van der Waals surface area contributed by atoms with Gasteiger partial charge < -0.3 is 34.8 Å². The van der Waals surface area contributed by atoms with Crippen molar-refractivity contribution in [1.29, 1.82) is 0 Å². The van der Waals surface area contributed by atoms with E-state index in [9.17, 15) is 38.7 Å². The van der Waals surface area contributed by atoms with Gasteiger partial charge in [0.05, 0.1) is 31.5 Å². The molecule has 0 radical (unpaired) electrons. The zero-order valence-corrected chi connectivity index (χ0v) is 20.0. The standard InChI is InChI=1S/C16H27N3O13P2/c1-8-5-19(16(23)18-15(8)22)13-3-11(21)12(30-13)7-29-33(24,25)32-34(26,27)31-14-4-10(20)9(17-2)6-28-14/h5,9-14,17,20-21H,3-4,6-7H2,1-2H3,(H,24,25)(H,26,27)(H,18,22,23)/t9-,10-,11-,12+,13+,14+/m0/s1. The third-order valence-corrected chi connectivity index (χ3v) is 7.88. The molecule has 0 aliphatic carbocycles. The predicted molar refractivity (Wildman–Crippen MR) is 112 cm³/mol. The van der Waals surface area contributed by atoms with Gasteiger partial charge in [-0.3, -0.25) is 23.4 Å². The van der Waals surface area contributed by atoms with Crippen LogP contribution in [0.4, 0.5) is 0 Å². The number of rotatable bonds is 9. The van der Waals surface area contributed by atoms with E-state index in [0.717, 1.165) is 4.57 Å². The lowest BCUT2D eigenvalue weighted by molar-refractivity contribution is -0.156. The van der Waals surface area contributed by atoms with E-state index >= 15 is 0 Å². The van der Waals surface area contributed by atoms with Gasteiger partial charge in [0, 0.05) is 24.6 Å². The van der Waals surface area contributed by atoms with Crippen LogP contribution in [-0.2, 0) is 32.0 Å². The average molecular weight is 531 g/mol. The number of nitrogens with zero attached hydrogens (tertiary/aromatic N) is 1.